The van der Waals surface area contributed by atoms with Crippen molar-refractivity contribution in [2.75, 3.05) is 0 Å². The second-order valence-electron chi connectivity index (χ2n) is 17.8. The van der Waals surface area contributed by atoms with Gasteiger partial charge in [0, 0.05) is 47.9 Å². The first-order valence-corrected chi connectivity index (χ1v) is 25.5. The molecule has 8 aromatic carbocycles. The molecule has 8 N–H and O–H groups in total. The zero-order valence-corrected chi connectivity index (χ0v) is 40.3. The van der Waals surface area contributed by atoms with E-state index in [-0.39, 0.29) is 90.5 Å². The lowest BCUT2D eigenvalue weighted by Gasteiger charge is -2.39. The van der Waals surface area contributed by atoms with E-state index in [4.69, 9.17) is 0 Å². The average molecular weight is 984 g/mol. The monoisotopic (exact) mass is 984 g/mol. The molecule has 17 heteroatoms. The van der Waals surface area contributed by atoms with Crippen molar-refractivity contribution in [2.45, 2.75) is 25.7 Å². The number of hydrogen-bond donors (Lipinski definition) is 8. The molecule has 0 amide bonds. The van der Waals surface area contributed by atoms with Crippen molar-refractivity contribution in [3.8, 4) is 0 Å². The number of hydrogen-bond acceptors (Lipinski definition) is 12. The predicted molar refractivity (Wildman–Crippen MR) is 287 cm³/mol. The normalized spacial score (nSPS) is 11.2. The maximum atomic E-state index is 15.4. The number of carbonyl (C=O) groups excluding carboxylic acids is 4. The summed E-state index contributed by atoms with van der Waals surface area (Å²) in [6.07, 6.45) is -0.930. The lowest BCUT2D eigenvalue weighted by Crippen LogP contribution is -2.78. The summed E-state index contributed by atoms with van der Waals surface area (Å²) in [7, 11) is -13.3. The molecule has 73 heavy (non-hydrogen) atoms. The van der Waals surface area contributed by atoms with Gasteiger partial charge >= 0.3 is 28.5 Å². The molecule has 360 valence electrons. The number of carbonyl (C=O) groups is 4. The third kappa shape index (κ3) is 11.5. The van der Waals surface area contributed by atoms with Crippen LogP contribution in [0.5, 0.6) is 0 Å². The highest BCUT2D eigenvalue weighted by molar-refractivity contribution is 7.21. The van der Waals surface area contributed by atoms with Crippen molar-refractivity contribution < 1.29 is 59.4 Å². The van der Waals surface area contributed by atoms with Crippen molar-refractivity contribution >= 4 is 102 Å². The molecule has 12 nitrogen and oxygen atoms in total. The van der Waals surface area contributed by atoms with E-state index in [0.717, 1.165) is 0 Å². The molecule has 0 aliphatic carbocycles. The van der Waals surface area contributed by atoms with Crippen LogP contribution in [-0.2, 0) is 25.7 Å². The highest BCUT2D eigenvalue weighted by Gasteiger charge is 2.50. The second kappa shape index (κ2) is 23.0. The summed E-state index contributed by atoms with van der Waals surface area (Å²) < 4.78 is 0. The van der Waals surface area contributed by atoms with Crippen LogP contribution in [0.1, 0.15) is 63.7 Å². The Kier molecular flexibility index (Phi) is 16.4. The summed E-state index contributed by atoms with van der Waals surface area (Å²) in [5.74, 6) is -2.17. The standard InChI is InChI=1S/C56H48B4O12Si/c61-49(29-37-13-5-1-6-14-37)45-33-41(57(65)66)21-25-53(45)73(54-26-22-42(58(67)68)34-46(54)50(62)30-38-15-7-2-8-16-38,55-27-23-43(59(69)70)35-47(55)51(63)31-39-17-9-3-10-18-39)56-28-24-44(60(71)72)36-48(56)52(64)32-40-19-11-4-12-20-40/h1-28,33-36,65-72H,29-32H2. The van der Waals surface area contributed by atoms with Crippen LogP contribution >= 0.6 is 0 Å². The quantitative estimate of drug-likeness (QED) is 0.0275. The molecule has 0 aromatic heterocycles. The SMILES string of the molecule is O=C(Cc1ccccc1)c1cc(B(O)O)ccc1[Si](c1ccc(B(O)O)cc1C(=O)Cc1ccccc1)(c1ccc(B(O)O)cc1C(=O)Cc1ccccc1)c1ccc(B(O)O)cc1C(=O)Cc1ccccc1. The second-order valence-corrected chi connectivity index (χ2v) is 21.5. The molecule has 8 rings (SSSR count). The minimum Gasteiger partial charge on any atom is -0.423 e. The molecule has 0 aliphatic rings. The lowest BCUT2D eigenvalue weighted by atomic mass is 9.79. The van der Waals surface area contributed by atoms with E-state index in [2.05, 4.69) is 0 Å². The van der Waals surface area contributed by atoms with E-state index in [1.54, 1.807) is 121 Å². The maximum absolute atomic E-state index is 15.4. The fraction of sp³-hybridized carbons (Fsp3) is 0.0714. The van der Waals surface area contributed by atoms with Gasteiger partial charge in [0.25, 0.3) is 0 Å². The van der Waals surface area contributed by atoms with Crippen LogP contribution in [0, 0.1) is 0 Å². The highest BCUT2D eigenvalue weighted by atomic mass is 28.3. The van der Waals surface area contributed by atoms with Crippen molar-refractivity contribution in [1.82, 2.24) is 0 Å². The molecule has 0 fully saturated rings. The van der Waals surface area contributed by atoms with E-state index in [9.17, 15) is 40.2 Å². The first kappa shape index (κ1) is 51.9. The Bertz CT molecular complexity index is 2850. The molecule has 0 radical (unpaired) electrons. The van der Waals surface area contributed by atoms with E-state index in [1.807, 2.05) is 0 Å². The molecule has 0 aliphatic heterocycles. The minimum absolute atomic E-state index is 0.0886. The summed E-state index contributed by atoms with van der Waals surface area (Å²) in [4.78, 5) is 61.7. The van der Waals surface area contributed by atoms with Crippen LogP contribution in [0.2, 0.25) is 0 Å². The maximum Gasteiger partial charge on any atom is 0.488 e. The summed E-state index contributed by atoms with van der Waals surface area (Å²) in [5.41, 5.74) is 1.59. The Morgan fingerprint density at radius 2 is 0.479 bits per heavy atom. The Hall–Kier alpha value is -7.40. The van der Waals surface area contributed by atoms with Crippen molar-refractivity contribution in [2.24, 2.45) is 0 Å². The molecule has 8 aromatic rings. The molecular weight excluding hydrogens is 936 g/mol. The van der Waals surface area contributed by atoms with Gasteiger partial charge in [-0.3, -0.25) is 19.2 Å². The van der Waals surface area contributed by atoms with Crippen LogP contribution in [0.3, 0.4) is 0 Å². The molecule has 0 atom stereocenters. The van der Waals surface area contributed by atoms with Gasteiger partial charge in [-0.15, -0.1) is 0 Å². The van der Waals surface area contributed by atoms with E-state index in [0.29, 0.717) is 22.3 Å². The smallest absolute Gasteiger partial charge is 0.423 e. The fourth-order valence-corrected chi connectivity index (χ4v) is 15.0. The number of ketones is 4. The Morgan fingerprint density at radius 3 is 0.658 bits per heavy atom. The van der Waals surface area contributed by atoms with Gasteiger partial charge in [-0.05, 0) is 64.9 Å². The van der Waals surface area contributed by atoms with E-state index < -0.39 is 59.7 Å². The van der Waals surface area contributed by atoms with Gasteiger partial charge in [-0.1, -0.05) is 194 Å². The fourth-order valence-electron chi connectivity index (χ4n) is 9.50. The third-order valence-corrected chi connectivity index (χ3v) is 18.0. The largest absolute Gasteiger partial charge is 0.488 e. The molecule has 0 heterocycles. The first-order chi connectivity index (χ1) is 35.1. The van der Waals surface area contributed by atoms with E-state index >= 15 is 19.2 Å². The molecule has 0 unspecified atom stereocenters. The zero-order valence-electron chi connectivity index (χ0n) is 39.3. The summed E-state index contributed by atoms with van der Waals surface area (Å²) in [6, 6.07) is 51.9. The van der Waals surface area contributed by atoms with Gasteiger partial charge in [0.2, 0.25) is 0 Å². The summed E-state index contributed by atoms with van der Waals surface area (Å²) in [5, 5.41) is 86.7. The van der Waals surface area contributed by atoms with Gasteiger partial charge in [0.05, 0.1) is 0 Å². The van der Waals surface area contributed by atoms with Gasteiger partial charge in [-0.2, -0.15) is 0 Å². The van der Waals surface area contributed by atoms with Crippen molar-refractivity contribution in [3.63, 3.8) is 0 Å². The summed E-state index contributed by atoms with van der Waals surface area (Å²) >= 11 is 0. The summed E-state index contributed by atoms with van der Waals surface area (Å²) in [6.45, 7) is 0. The zero-order chi connectivity index (χ0) is 51.8. The average Bonchev–Trinajstić information content (AvgIpc) is 3.40. The van der Waals surface area contributed by atoms with E-state index in [1.165, 1.54) is 72.8 Å². The first-order valence-electron chi connectivity index (χ1n) is 23.5. The molecule has 0 bridgehead atoms. The Labute approximate surface area is 424 Å². The highest BCUT2D eigenvalue weighted by Crippen LogP contribution is 2.22. The number of benzene rings is 8. The molecular formula is C56H48B4O12Si. The number of Topliss-reactive ketones (excluding diaryl/α,β-unsaturated/α-hetero) is 4. The molecule has 0 saturated carbocycles. The Balaban J connectivity index is 1.62. The third-order valence-electron chi connectivity index (χ3n) is 13.0. The van der Waals surface area contributed by atoms with Crippen LogP contribution in [0.4, 0.5) is 0 Å². The molecule has 0 saturated heterocycles. The van der Waals surface area contributed by atoms with Crippen LogP contribution < -0.4 is 42.6 Å². The lowest BCUT2D eigenvalue weighted by molar-refractivity contribution is 0.0986. The predicted octanol–water partition coefficient (Wildman–Crippen LogP) is -0.515. The van der Waals surface area contributed by atoms with Gasteiger partial charge in [-0.25, -0.2) is 0 Å². The Morgan fingerprint density at radius 1 is 0.288 bits per heavy atom. The van der Waals surface area contributed by atoms with Gasteiger partial charge in [0.1, 0.15) is 0 Å². The van der Waals surface area contributed by atoms with Gasteiger partial charge < -0.3 is 40.2 Å². The number of rotatable bonds is 20. The van der Waals surface area contributed by atoms with Crippen LogP contribution in [-0.4, -0.2) is 99.9 Å². The van der Waals surface area contributed by atoms with Crippen molar-refractivity contribution in [3.05, 3.63) is 239 Å². The topological polar surface area (TPSA) is 230 Å². The van der Waals surface area contributed by atoms with Crippen molar-refractivity contribution in [1.29, 1.82) is 0 Å². The molecule has 0 spiro atoms. The van der Waals surface area contributed by atoms with Gasteiger partial charge in [0.15, 0.2) is 31.2 Å². The van der Waals surface area contributed by atoms with Crippen LogP contribution in [0.15, 0.2) is 194 Å². The van der Waals surface area contributed by atoms with Crippen LogP contribution in [0.25, 0.3) is 0 Å². The minimum atomic E-state index is -4.97.